The molecular weight excluding hydrogens is 416 g/mol. The number of rotatable bonds is 7. The maximum atomic E-state index is 12.3. The minimum atomic E-state index is -0.552. The van der Waals surface area contributed by atoms with Gasteiger partial charge in [-0.25, -0.2) is 9.59 Å². The van der Waals surface area contributed by atoms with Crippen molar-refractivity contribution in [3.05, 3.63) is 58.6 Å². The highest BCUT2D eigenvalue weighted by atomic mass is 35.5. The van der Waals surface area contributed by atoms with Crippen LogP contribution in [0, 0.1) is 23.7 Å². The Labute approximate surface area is 186 Å². The Morgan fingerprint density at radius 3 is 2.52 bits per heavy atom. The highest BCUT2D eigenvalue weighted by Gasteiger charge is 2.15. The Kier molecular flexibility index (Phi) is 8.75. The van der Waals surface area contributed by atoms with Crippen LogP contribution >= 0.6 is 11.6 Å². The number of urea groups is 1. The summed E-state index contributed by atoms with van der Waals surface area (Å²) in [7, 11) is 0. The van der Waals surface area contributed by atoms with Crippen LogP contribution in [0.15, 0.2) is 42.5 Å². The van der Waals surface area contributed by atoms with Crippen LogP contribution in [-0.4, -0.2) is 18.2 Å². The van der Waals surface area contributed by atoms with E-state index in [0.717, 1.165) is 5.56 Å². The Balaban J connectivity index is 1.97. The van der Waals surface area contributed by atoms with Crippen LogP contribution in [0.2, 0.25) is 5.02 Å². The number of ether oxygens (including phenoxy) is 1. The van der Waals surface area contributed by atoms with E-state index in [-0.39, 0.29) is 17.2 Å². The Bertz CT molecular complexity index is 1030. The van der Waals surface area contributed by atoms with Crippen LogP contribution in [0.3, 0.4) is 0 Å². The van der Waals surface area contributed by atoms with Crippen LogP contribution in [0.25, 0.3) is 0 Å². The van der Waals surface area contributed by atoms with E-state index in [0.29, 0.717) is 29.8 Å². The minimum absolute atomic E-state index is 0.252. The molecule has 0 saturated heterocycles. The first-order valence-electron chi connectivity index (χ1n) is 9.64. The first-order valence-corrected chi connectivity index (χ1v) is 10.0. The van der Waals surface area contributed by atoms with Crippen molar-refractivity contribution in [1.82, 2.24) is 5.32 Å². The molecule has 31 heavy (non-hydrogen) atoms. The van der Waals surface area contributed by atoms with Gasteiger partial charge in [-0.2, -0.15) is 5.26 Å². The standard InChI is InChI=1S/C23H23ClN4O3/c1-4-7-20(5-2)31-23(30)26-15(3)16-8-6-9-18(12-16)27-22(29)28-19-11-10-17(14-25)21(24)13-19/h1,6,8-13,15,20H,5,7H2,2-3H3,(H,26,30)(H2,27,28,29)/t15-,20+/m0/s1. The van der Waals surface area contributed by atoms with Gasteiger partial charge in [0.2, 0.25) is 0 Å². The molecule has 3 amide bonds. The second-order valence-electron chi connectivity index (χ2n) is 6.72. The number of halogens is 1. The molecule has 0 aliphatic heterocycles. The number of alkyl carbamates (subject to hydrolysis) is 1. The van der Waals surface area contributed by atoms with Gasteiger partial charge in [-0.15, -0.1) is 12.3 Å². The molecule has 0 aromatic heterocycles. The molecule has 2 aromatic carbocycles. The zero-order valence-corrected chi connectivity index (χ0v) is 18.0. The fourth-order valence-electron chi connectivity index (χ4n) is 2.71. The normalized spacial score (nSPS) is 11.9. The largest absolute Gasteiger partial charge is 0.445 e. The second-order valence-corrected chi connectivity index (χ2v) is 7.13. The minimum Gasteiger partial charge on any atom is -0.445 e. The van der Waals surface area contributed by atoms with Crippen molar-refractivity contribution in [2.45, 2.75) is 38.8 Å². The Hall–Kier alpha value is -3.68. The number of carbonyl (C=O) groups excluding carboxylic acids is 2. The van der Waals surface area contributed by atoms with E-state index in [9.17, 15) is 9.59 Å². The SMILES string of the molecule is C#CC[C@@H](CC)OC(=O)N[C@@H](C)c1cccc(NC(=O)Nc2ccc(C#N)c(Cl)c2)c1. The van der Waals surface area contributed by atoms with Gasteiger partial charge in [-0.3, -0.25) is 0 Å². The third-order valence-electron chi connectivity index (χ3n) is 4.40. The highest BCUT2D eigenvalue weighted by Crippen LogP contribution is 2.21. The Morgan fingerprint density at radius 1 is 1.19 bits per heavy atom. The third kappa shape index (κ3) is 7.26. The van der Waals surface area contributed by atoms with Gasteiger partial charge in [0.15, 0.2) is 0 Å². The van der Waals surface area contributed by atoms with E-state index in [1.807, 2.05) is 19.1 Å². The average Bonchev–Trinajstić information content (AvgIpc) is 2.73. The molecule has 0 radical (unpaired) electrons. The molecule has 0 aliphatic carbocycles. The molecule has 0 unspecified atom stereocenters. The number of anilines is 2. The van der Waals surface area contributed by atoms with Gasteiger partial charge in [0.25, 0.3) is 0 Å². The average molecular weight is 439 g/mol. The van der Waals surface area contributed by atoms with Crippen LogP contribution in [0.1, 0.15) is 43.9 Å². The van der Waals surface area contributed by atoms with E-state index >= 15 is 0 Å². The molecule has 2 aromatic rings. The zero-order valence-electron chi connectivity index (χ0n) is 17.2. The lowest BCUT2D eigenvalue weighted by Gasteiger charge is -2.18. The molecule has 0 spiro atoms. The second kappa shape index (κ2) is 11.5. The van der Waals surface area contributed by atoms with Crippen molar-refractivity contribution in [3.8, 4) is 18.4 Å². The summed E-state index contributed by atoms with van der Waals surface area (Å²) >= 11 is 5.98. The summed E-state index contributed by atoms with van der Waals surface area (Å²) in [5, 5.41) is 17.3. The molecule has 3 N–H and O–H groups in total. The van der Waals surface area contributed by atoms with Crippen molar-refractivity contribution in [3.63, 3.8) is 0 Å². The number of carbonyl (C=O) groups is 2. The zero-order chi connectivity index (χ0) is 22.8. The number of hydrogen-bond acceptors (Lipinski definition) is 4. The third-order valence-corrected chi connectivity index (χ3v) is 4.71. The molecule has 0 fully saturated rings. The summed E-state index contributed by atoms with van der Waals surface area (Å²) in [5.74, 6) is 2.49. The fourth-order valence-corrected chi connectivity index (χ4v) is 2.93. The van der Waals surface area contributed by atoms with Crippen LogP contribution in [0.4, 0.5) is 21.0 Å². The molecule has 160 valence electrons. The predicted octanol–water partition coefficient (Wildman–Crippen LogP) is 5.44. The number of nitrogens with zero attached hydrogens (tertiary/aromatic N) is 1. The summed E-state index contributed by atoms with van der Waals surface area (Å²) in [6.07, 6.45) is 5.38. The number of benzene rings is 2. The molecule has 2 atom stereocenters. The number of nitrogens with one attached hydrogen (secondary N) is 3. The number of nitriles is 1. The predicted molar refractivity (Wildman–Crippen MR) is 121 cm³/mol. The first-order chi connectivity index (χ1) is 14.9. The van der Waals surface area contributed by atoms with Crippen molar-refractivity contribution in [2.24, 2.45) is 0 Å². The number of terminal acetylenes is 1. The van der Waals surface area contributed by atoms with E-state index in [1.54, 1.807) is 31.2 Å². The quantitative estimate of drug-likeness (QED) is 0.500. The molecule has 0 aliphatic rings. The molecule has 7 nitrogen and oxygen atoms in total. The molecule has 0 bridgehead atoms. The summed E-state index contributed by atoms with van der Waals surface area (Å²) in [4.78, 5) is 24.4. The summed E-state index contributed by atoms with van der Waals surface area (Å²) in [5.41, 5.74) is 2.09. The maximum Gasteiger partial charge on any atom is 0.407 e. The molecule has 0 heterocycles. The van der Waals surface area contributed by atoms with Crippen LogP contribution < -0.4 is 16.0 Å². The van der Waals surface area contributed by atoms with Crippen LogP contribution in [-0.2, 0) is 4.74 Å². The van der Waals surface area contributed by atoms with Gasteiger partial charge in [0, 0.05) is 17.8 Å². The molecule has 2 rings (SSSR count). The van der Waals surface area contributed by atoms with Crippen molar-refractivity contribution >= 4 is 35.1 Å². The van der Waals surface area contributed by atoms with E-state index in [4.69, 9.17) is 28.0 Å². The van der Waals surface area contributed by atoms with Gasteiger partial charge in [-0.1, -0.05) is 30.7 Å². The summed E-state index contributed by atoms with van der Waals surface area (Å²) in [6, 6.07) is 12.8. The number of hydrogen-bond donors (Lipinski definition) is 3. The topological polar surface area (TPSA) is 103 Å². The van der Waals surface area contributed by atoms with E-state index < -0.39 is 12.1 Å². The van der Waals surface area contributed by atoms with Crippen molar-refractivity contribution in [1.29, 1.82) is 5.26 Å². The monoisotopic (exact) mass is 438 g/mol. The first kappa shape index (κ1) is 23.6. The lowest BCUT2D eigenvalue weighted by atomic mass is 10.1. The van der Waals surface area contributed by atoms with E-state index in [1.165, 1.54) is 12.1 Å². The highest BCUT2D eigenvalue weighted by molar-refractivity contribution is 6.32. The summed E-state index contributed by atoms with van der Waals surface area (Å²) in [6.45, 7) is 3.70. The van der Waals surface area contributed by atoms with Gasteiger partial charge in [0.05, 0.1) is 16.6 Å². The van der Waals surface area contributed by atoms with Gasteiger partial charge >= 0.3 is 12.1 Å². The van der Waals surface area contributed by atoms with Gasteiger partial charge in [-0.05, 0) is 49.2 Å². The van der Waals surface area contributed by atoms with Gasteiger partial charge in [0.1, 0.15) is 12.2 Å². The fraction of sp³-hybridized carbons (Fsp3) is 0.261. The molecule has 8 heteroatoms. The van der Waals surface area contributed by atoms with Gasteiger partial charge < -0.3 is 20.7 Å². The smallest absolute Gasteiger partial charge is 0.407 e. The summed E-state index contributed by atoms with van der Waals surface area (Å²) < 4.78 is 5.32. The Morgan fingerprint density at radius 2 is 1.90 bits per heavy atom. The van der Waals surface area contributed by atoms with E-state index in [2.05, 4.69) is 21.9 Å². The lowest BCUT2D eigenvalue weighted by molar-refractivity contribution is 0.0952. The maximum absolute atomic E-state index is 12.3. The van der Waals surface area contributed by atoms with Crippen LogP contribution in [0.5, 0.6) is 0 Å². The molecule has 0 saturated carbocycles. The molecular formula is C23H23ClN4O3. The number of amides is 3. The van der Waals surface area contributed by atoms with Crippen molar-refractivity contribution < 1.29 is 14.3 Å². The van der Waals surface area contributed by atoms with Crippen molar-refractivity contribution in [2.75, 3.05) is 10.6 Å². The lowest BCUT2D eigenvalue weighted by Crippen LogP contribution is -2.31.